The van der Waals surface area contributed by atoms with Gasteiger partial charge >= 0.3 is 0 Å². The summed E-state index contributed by atoms with van der Waals surface area (Å²) < 4.78 is 0. The molecule has 2 N–H and O–H groups in total. The molecule has 0 unspecified atom stereocenters. The SMILES string of the molecule is CCCNc1cc(NCCc2cccc(C)c2)ncn1. The van der Waals surface area contributed by atoms with Crippen molar-refractivity contribution in [3.63, 3.8) is 0 Å². The van der Waals surface area contributed by atoms with Crippen molar-refractivity contribution < 1.29 is 0 Å². The molecule has 0 aliphatic heterocycles. The van der Waals surface area contributed by atoms with Crippen LogP contribution in [-0.4, -0.2) is 23.1 Å². The summed E-state index contributed by atoms with van der Waals surface area (Å²) >= 11 is 0. The van der Waals surface area contributed by atoms with Gasteiger partial charge in [-0.1, -0.05) is 36.8 Å². The van der Waals surface area contributed by atoms with Crippen molar-refractivity contribution in [1.82, 2.24) is 9.97 Å². The molecular formula is C16H22N4. The molecule has 4 nitrogen and oxygen atoms in total. The number of benzene rings is 1. The zero-order valence-electron chi connectivity index (χ0n) is 12.2. The second-order valence-corrected chi connectivity index (χ2v) is 4.88. The van der Waals surface area contributed by atoms with Crippen LogP contribution in [0.25, 0.3) is 0 Å². The van der Waals surface area contributed by atoms with Crippen molar-refractivity contribution >= 4 is 11.6 Å². The lowest BCUT2D eigenvalue weighted by molar-refractivity contribution is 0.960. The van der Waals surface area contributed by atoms with E-state index in [2.05, 4.69) is 58.7 Å². The molecular weight excluding hydrogens is 248 g/mol. The monoisotopic (exact) mass is 270 g/mol. The van der Waals surface area contributed by atoms with Crippen molar-refractivity contribution in [1.29, 1.82) is 0 Å². The number of hydrogen-bond donors (Lipinski definition) is 2. The van der Waals surface area contributed by atoms with E-state index in [4.69, 9.17) is 0 Å². The average Bonchev–Trinajstić information content (AvgIpc) is 2.46. The third kappa shape index (κ3) is 4.53. The Labute approximate surface area is 120 Å². The van der Waals surface area contributed by atoms with Crippen LogP contribution in [0.4, 0.5) is 11.6 Å². The second kappa shape index (κ2) is 7.48. The number of nitrogens with zero attached hydrogens (tertiary/aromatic N) is 2. The number of aryl methyl sites for hydroxylation is 1. The lowest BCUT2D eigenvalue weighted by atomic mass is 10.1. The topological polar surface area (TPSA) is 49.8 Å². The highest BCUT2D eigenvalue weighted by Gasteiger charge is 1.98. The number of rotatable bonds is 7. The molecule has 0 saturated heterocycles. The normalized spacial score (nSPS) is 10.3. The maximum absolute atomic E-state index is 4.23. The number of nitrogens with one attached hydrogen (secondary N) is 2. The highest BCUT2D eigenvalue weighted by atomic mass is 15.1. The van der Waals surface area contributed by atoms with Crippen LogP contribution in [0, 0.1) is 6.92 Å². The molecule has 0 aliphatic carbocycles. The Balaban J connectivity index is 1.84. The summed E-state index contributed by atoms with van der Waals surface area (Å²) in [5, 5.41) is 6.60. The molecule has 0 aliphatic rings. The molecule has 0 bridgehead atoms. The van der Waals surface area contributed by atoms with Crippen LogP contribution >= 0.6 is 0 Å². The van der Waals surface area contributed by atoms with Crippen LogP contribution in [0.1, 0.15) is 24.5 Å². The van der Waals surface area contributed by atoms with Gasteiger partial charge in [-0.3, -0.25) is 0 Å². The first-order valence-electron chi connectivity index (χ1n) is 7.13. The molecule has 2 rings (SSSR count). The van der Waals surface area contributed by atoms with Gasteiger partial charge in [0.25, 0.3) is 0 Å². The number of hydrogen-bond acceptors (Lipinski definition) is 4. The molecule has 4 heteroatoms. The van der Waals surface area contributed by atoms with Crippen LogP contribution < -0.4 is 10.6 Å². The Morgan fingerprint density at radius 2 is 1.75 bits per heavy atom. The van der Waals surface area contributed by atoms with Gasteiger partial charge < -0.3 is 10.6 Å². The third-order valence-corrected chi connectivity index (χ3v) is 3.03. The highest BCUT2D eigenvalue weighted by Crippen LogP contribution is 2.09. The van der Waals surface area contributed by atoms with E-state index in [1.807, 2.05) is 6.07 Å². The summed E-state index contributed by atoms with van der Waals surface area (Å²) in [5.74, 6) is 1.74. The summed E-state index contributed by atoms with van der Waals surface area (Å²) in [5.41, 5.74) is 2.64. The lowest BCUT2D eigenvalue weighted by Crippen LogP contribution is -2.08. The first-order valence-corrected chi connectivity index (χ1v) is 7.13. The van der Waals surface area contributed by atoms with Crippen molar-refractivity contribution in [3.05, 3.63) is 47.8 Å². The predicted octanol–water partition coefficient (Wildman–Crippen LogP) is 3.26. The molecule has 1 aromatic heterocycles. The van der Waals surface area contributed by atoms with Crippen molar-refractivity contribution in [2.45, 2.75) is 26.7 Å². The van der Waals surface area contributed by atoms with E-state index in [1.165, 1.54) is 11.1 Å². The van der Waals surface area contributed by atoms with E-state index in [1.54, 1.807) is 6.33 Å². The Bertz CT molecular complexity index is 540. The summed E-state index contributed by atoms with van der Waals surface area (Å²) in [6.07, 6.45) is 3.66. The summed E-state index contributed by atoms with van der Waals surface area (Å²) in [6.45, 7) is 6.05. The average molecular weight is 270 g/mol. The van der Waals surface area contributed by atoms with E-state index in [0.29, 0.717) is 0 Å². The maximum Gasteiger partial charge on any atom is 0.131 e. The number of anilines is 2. The molecule has 2 aromatic rings. The van der Waals surface area contributed by atoms with Crippen molar-refractivity contribution in [3.8, 4) is 0 Å². The summed E-state index contributed by atoms with van der Waals surface area (Å²) in [4.78, 5) is 8.43. The Morgan fingerprint density at radius 1 is 1.00 bits per heavy atom. The second-order valence-electron chi connectivity index (χ2n) is 4.88. The van der Waals surface area contributed by atoms with Gasteiger partial charge in [0.2, 0.25) is 0 Å². The van der Waals surface area contributed by atoms with Crippen molar-refractivity contribution in [2.75, 3.05) is 23.7 Å². The van der Waals surface area contributed by atoms with Crippen molar-refractivity contribution in [2.24, 2.45) is 0 Å². The Morgan fingerprint density at radius 3 is 2.45 bits per heavy atom. The van der Waals surface area contributed by atoms with E-state index in [0.717, 1.165) is 37.6 Å². The molecule has 106 valence electrons. The van der Waals surface area contributed by atoms with E-state index in [9.17, 15) is 0 Å². The van der Waals surface area contributed by atoms with Crippen LogP contribution in [0.5, 0.6) is 0 Å². The minimum absolute atomic E-state index is 0.867. The molecule has 1 heterocycles. The summed E-state index contributed by atoms with van der Waals surface area (Å²) in [7, 11) is 0. The van der Waals surface area contributed by atoms with E-state index in [-0.39, 0.29) is 0 Å². The Hall–Kier alpha value is -2.10. The molecule has 0 atom stereocenters. The van der Waals surface area contributed by atoms with Gasteiger partial charge in [0.05, 0.1) is 0 Å². The molecule has 20 heavy (non-hydrogen) atoms. The van der Waals surface area contributed by atoms with Gasteiger partial charge in [-0.2, -0.15) is 0 Å². The van der Waals surface area contributed by atoms with Crippen LogP contribution in [0.3, 0.4) is 0 Å². The summed E-state index contributed by atoms with van der Waals surface area (Å²) in [6, 6.07) is 10.5. The molecule has 0 amide bonds. The zero-order valence-corrected chi connectivity index (χ0v) is 12.2. The fourth-order valence-electron chi connectivity index (χ4n) is 2.01. The fourth-order valence-corrected chi connectivity index (χ4v) is 2.01. The number of aromatic nitrogens is 2. The van der Waals surface area contributed by atoms with E-state index < -0.39 is 0 Å². The maximum atomic E-state index is 4.23. The minimum Gasteiger partial charge on any atom is -0.370 e. The largest absolute Gasteiger partial charge is 0.370 e. The quantitative estimate of drug-likeness (QED) is 0.811. The van der Waals surface area contributed by atoms with Gasteiger partial charge in [0.1, 0.15) is 18.0 Å². The highest BCUT2D eigenvalue weighted by molar-refractivity contribution is 5.46. The lowest BCUT2D eigenvalue weighted by Gasteiger charge is -2.08. The molecule has 0 saturated carbocycles. The molecule has 0 fully saturated rings. The van der Waals surface area contributed by atoms with Crippen LogP contribution in [-0.2, 0) is 6.42 Å². The van der Waals surface area contributed by atoms with Gasteiger partial charge in [-0.15, -0.1) is 0 Å². The Kier molecular flexibility index (Phi) is 5.35. The van der Waals surface area contributed by atoms with Gasteiger partial charge in [-0.25, -0.2) is 9.97 Å². The third-order valence-electron chi connectivity index (χ3n) is 3.03. The molecule has 0 spiro atoms. The van der Waals surface area contributed by atoms with Gasteiger partial charge in [0, 0.05) is 19.2 Å². The smallest absolute Gasteiger partial charge is 0.131 e. The van der Waals surface area contributed by atoms with Crippen LogP contribution in [0.2, 0.25) is 0 Å². The molecule has 0 radical (unpaired) electrons. The van der Waals surface area contributed by atoms with Gasteiger partial charge in [0.15, 0.2) is 0 Å². The van der Waals surface area contributed by atoms with Gasteiger partial charge in [-0.05, 0) is 25.3 Å². The first kappa shape index (κ1) is 14.3. The fraction of sp³-hybridized carbons (Fsp3) is 0.375. The van der Waals surface area contributed by atoms with E-state index >= 15 is 0 Å². The predicted molar refractivity (Wildman–Crippen MR) is 84.2 cm³/mol. The van der Waals surface area contributed by atoms with Crippen LogP contribution in [0.15, 0.2) is 36.7 Å². The molecule has 1 aromatic carbocycles. The standard InChI is InChI=1S/C16H22N4/c1-3-8-17-15-11-16(20-12-19-15)18-9-7-14-6-4-5-13(2)10-14/h4-6,10-12H,3,7-9H2,1-2H3,(H2,17,18,19,20). The minimum atomic E-state index is 0.867. The first-order chi connectivity index (χ1) is 9.78. The zero-order chi connectivity index (χ0) is 14.2.